The van der Waals surface area contributed by atoms with Crippen molar-refractivity contribution in [3.63, 3.8) is 0 Å². The van der Waals surface area contributed by atoms with E-state index < -0.39 is 0 Å². The molecule has 1 aromatic heterocycles. The van der Waals surface area contributed by atoms with E-state index in [0.717, 1.165) is 17.2 Å². The van der Waals surface area contributed by atoms with Crippen molar-refractivity contribution in [1.82, 2.24) is 4.98 Å². The molecule has 0 aliphatic heterocycles. The standard InChI is InChI=1S/C25H26N.C17H32O2.Pt/c1-18-14-19(2)16-24(15-18)25-13-12-23(17-26-25)22-10-8-21(9-11-22)20-6-4-3-5-7-20;1-10(2)16(11(3)4)14(18)9-15(19)17(12(5)6)13(7)8;/h3-7,12-15,17,21-22H,8-11H2,1-2H3;9-13,16-18H,1-8H3;/q-1;;/b;14-9-;. The molecule has 1 heterocycles. The Balaban J connectivity index is 0.000000332. The monoisotopic (exact) mass is 803 g/mol. The summed E-state index contributed by atoms with van der Waals surface area (Å²) in [5.74, 6) is 3.01. The maximum atomic E-state index is 12.3. The fourth-order valence-electron chi connectivity index (χ4n) is 7.54. The Bertz CT molecular complexity index is 1330. The number of nitrogens with zero attached hydrogens (tertiary/aromatic N) is 1. The summed E-state index contributed by atoms with van der Waals surface area (Å²) in [6.07, 6.45) is 8.65. The predicted octanol–water partition coefficient (Wildman–Crippen LogP) is 11.5. The first-order valence-electron chi connectivity index (χ1n) is 17.2. The Kier molecular flexibility index (Phi) is 16.2. The minimum atomic E-state index is -0.0119. The van der Waals surface area contributed by atoms with Gasteiger partial charge in [-0.15, -0.1) is 34.9 Å². The third-order valence-electron chi connectivity index (χ3n) is 9.51. The van der Waals surface area contributed by atoms with Crippen LogP contribution >= 0.6 is 0 Å². The minimum Gasteiger partial charge on any atom is -0.512 e. The molecule has 0 spiro atoms. The van der Waals surface area contributed by atoms with Crippen LogP contribution < -0.4 is 0 Å². The third-order valence-corrected chi connectivity index (χ3v) is 9.51. The molecule has 0 radical (unpaired) electrons. The summed E-state index contributed by atoms with van der Waals surface area (Å²) in [6, 6.07) is 23.2. The number of aryl methyl sites for hydroxylation is 2. The number of benzene rings is 2. The van der Waals surface area contributed by atoms with Crippen molar-refractivity contribution in [2.75, 3.05) is 0 Å². The molecule has 0 bridgehead atoms. The maximum Gasteiger partial charge on any atom is 0.162 e. The number of carbonyl (C=O) groups excluding carboxylic acids is 1. The van der Waals surface area contributed by atoms with Gasteiger partial charge in [0.05, 0.1) is 5.76 Å². The van der Waals surface area contributed by atoms with E-state index in [1.54, 1.807) is 0 Å². The van der Waals surface area contributed by atoms with E-state index in [1.165, 1.54) is 54.0 Å². The van der Waals surface area contributed by atoms with E-state index in [2.05, 4.69) is 136 Å². The van der Waals surface area contributed by atoms with Crippen molar-refractivity contribution in [2.24, 2.45) is 35.5 Å². The van der Waals surface area contributed by atoms with Gasteiger partial charge in [0.25, 0.3) is 0 Å². The van der Waals surface area contributed by atoms with Crippen molar-refractivity contribution in [3.8, 4) is 11.3 Å². The number of aliphatic hydroxyl groups is 1. The molecule has 0 atom stereocenters. The van der Waals surface area contributed by atoms with Gasteiger partial charge in [-0.1, -0.05) is 112 Å². The average Bonchev–Trinajstić information content (AvgIpc) is 2.97. The SMILES string of the molecule is CC(C)C(C(=O)/C=C(\O)C(C(C)C)C(C)C)C(C)C.Cc1[c-]c(-c2ccc(C3CCC(c4ccccc4)CC3)cn2)cc(C)c1.[Pt]. The maximum absolute atomic E-state index is 12.3. The fraction of sp³-hybridized carbons (Fsp3) is 0.524. The van der Waals surface area contributed by atoms with Crippen LogP contribution in [-0.4, -0.2) is 15.9 Å². The minimum absolute atomic E-state index is 0. The van der Waals surface area contributed by atoms with Crippen molar-refractivity contribution in [1.29, 1.82) is 0 Å². The van der Waals surface area contributed by atoms with Gasteiger partial charge in [0.2, 0.25) is 0 Å². The van der Waals surface area contributed by atoms with Crippen LogP contribution in [0.3, 0.4) is 0 Å². The molecule has 1 aliphatic carbocycles. The number of carbonyl (C=O) groups is 1. The number of ketones is 1. The molecule has 0 amide bonds. The summed E-state index contributed by atoms with van der Waals surface area (Å²) in [5, 5.41) is 10.3. The molecule has 2 aromatic carbocycles. The second-order valence-corrected chi connectivity index (χ2v) is 14.7. The van der Waals surface area contributed by atoms with Gasteiger partial charge >= 0.3 is 0 Å². The second-order valence-electron chi connectivity index (χ2n) is 14.7. The molecule has 254 valence electrons. The zero-order chi connectivity index (χ0) is 33.3. The van der Waals surface area contributed by atoms with E-state index in [1.807, 2.05) is 0 Å². The number of allylic oxidation sites excluding steroid dienone is 2. The normalized spacial score (nSPS) is 17.0. The first kappa shape index (κ1) is 39.7. The van der Waals surface area contributed by atoms with E-state index in [0.29, 0.717) is 29.6 Å². The van der Waals surface area contributed by atoms with Crippen LogP contribution in [0.2, 0.25) is 0 Å². The Labute approximate surface area is 295 Å². The number of pyridine rings is 1. The molecular weight excluding hydrogens is 746 g/mol. The van der Waals surface area contributed by atoms with Gasteiger partial charge < -0.3 is 10.1 Å². The third kappa shape index (κ3) is 11.3. The van der Waals surface area contributed by atoms with Crippen LogP contribution in [0.15, 0.2) is 72.6 Å². The topological polar surface area (TPSA) is 50.2 Å². The van der Waals surface area contributed by atoms with Crippen molar-refractivity contribution >= 4 is 5.78 Å². The Morgan fingerprint density at radius 2 is 1.28 bits per heavy atom. The number of rotatable bonds is 10. The van der Waals surface area contributed by atoms with Gasteiger partial charge in [-0.05, 0) is 78.0 Å². The second kappa shape index (κ2) is 18.7. The summed E-state index contributed by atoms with van der Waals surface area (Å²) >= 11 is 0. The van der Waals surface area contributed by atoms with Gasteiger partial charge in [0.15, 0.2) is 5.78 Å². The van der Waals surface area contributed by atoms with E-state index in [-0.39, 0.29) is 44.4 Å². The predicted molar refractivity (Wildman–Crippen MR) is 190 cm³/mol. The number of hydrogen-bond acceptors (Lipinski definition) is 3. The zero-order valence-electron chi connectivity index (χ0n) is 29.9. The smallest absolute Gasteiger partial charge is 0.162 e. The molecule has 0 saturated heterocycles. The molecule has 1 aliphatic rings. The van der Waals surface area contributed by atoms with Crippen LogP contribution in [0.25, 0.3) is 11.3 Å². The molecule has 3 nitrogen and oxygen atoms in total. The van der Waals surface area contributed by atoms with E-state index >= 15 is 0 Å². The molecule has 0 unspecified atom stereocenters. The van der Waals surface area contributed by atoms with Crippen LogP contribution in [0.5, 0.6) is 0 Å². The van der Waals surface area contributed by atoms with Crippen LogP contribution in [0, 0.1) is 55.4 Å². The summed E-state index contributed by atoms with van der Waals surface area (Å²) in [4.78, 5) is 17.1. The zero-order valence-corrected chi connectivity index (χ0v) is 32.2. The van der Waals surface area contributed by atoms with E-state index in [4.69, 9.17) is 4.98 Å². The van der Waals surface area contributed by atoms with Crippen molar-refractivity contribution < 1.29 is 31.0 Å². The van der Waals surface area contributed by atoms with Gasteiger partial charge in [-0.3, -0.25) is 4.79 Å². The van der Waals surface area contributed by atoms with Gasteiger partial charge in [-0.2, -0.15) is 0 Å². The molecule has 4 rings (SSSR count). The quantitative estimate of drug-likeness (QED) is 0.126. The van der Waals surface area contributed by atoms with Gasteiger partial charge in [-0.25, -0.2) is 0 Å². The molecule has 1 N–H and O–H groups in total. The number of aliphatic hydroxyl groups excluding tert-OH is 1. The molecular formula is C42H58NO2Pt-. The summed E-state index contributed by atoms with van der Waals surface area (Å²) in [7, 11) is 0. The Hall–Kier alpha value is -2.51. The number of hydrogen-bond donors (Lipinski definition) is 1. The molecule has 3 aromatic rings. The molecule has 4 heteroatoms. The Morgan fingerprint density at radius 3 is 1.74 bits per heavy atom. The largest absolute Gasteiger partial charge is 0.512 e. The summed E-state index contributed by atoms with van der Waals surface area (Å²) < 4.78 is 0. The molecule has 1 saturated carbocycles. The Morgan fingerprint density at radius 1 is 0.761 bits per heavy atom. The van der Waals surface area contributed by atoms with Gasteiger partial charge in [0, 0.05) is 45.2 Å². The average molecular weight is 804 g/mol. The van der Waals surface area contributed by atoms with Gasteiger partial charge in [0.1, 0.15) is 0 Å². The van der Waals surface area contributed by atoms with Crippen LogP contribution in [0.1, 0.15) is 115 Å². The van der Waals surface area contributed by atoms with Crippen LogP contribution in [-0.2, 0) is 25.9 Å². The van der Waals surface area contributed by atoms with Crippen molar-refractivity contribution in [3.05, 3.63) is 101 Å². The molecule has 1 fully saturated rings. The molecule has 46 heavy (non-hydrogen) atoms. The summed E-state index contributed by atoms with van der Waals surface area (Å²) in [6.45, 7) is 20.8. The van der Waals surface area contributed by atoms with Crippen LogP contribution in [0.4, 0.5) is 0 Å². The van der Waals surface area contributed by atoms with E-state index in [9.17, 15) is 9.90 Å². The summed E-state index contributed by atoms with van der Waals surface area (Å²) in [5.41, 5.74) is 7.46. The first-order valence-corrected chi connectivity index (χ1v) is 17.2. The fourth-order valence-corrected chi connectivity index (χ4v) is 7.54. The number of aromatic nitrogens is 1. The van der Waals surface area contributed by atoms with Crippen molar-refractivity contribution in [2.45, 2.75) is 107 Å². The first-order chi connectivity index (χ1) is 21.3.